The number of carbonyl (C=O) groups is 2. The third-order valence-corrected chi connectivity index (χ3v) is 4.15. The predicted molar refractivity (Wildman–Crippen MR) is 74.1 cm³/mol. The second-order valence-corrected chi connectivity index (χ2v) is 6.27. The van der Waals surface area contributed by atoms with Crippen molar-refractivity contribution in [3.8, 4) is 0 Å². The van der Waals surface area contributed by atoms with Crippen LogP contribution < -0.4 is 10.6 Å². The molecule has 1 aliphatic carbocycles. The van der Waals surface area contributed by atoms with E-state index in [1.54, 1.807) is 0 Å². The van der Waals surface area contributed by atoms with Crippen molar-refractivity contribution < 1.29 is 14.7 Å². The molecule has 19 heavy (non-hydrogen) atoms. The van der Waals surface area contributed by atoms with Gasteiger partial charge in [0.2, 0.25) is 0 Å². The molecule has 1 fully saturated rings. The van der Waals surface area contributed by atoms with Gasteiger partial charge in [0.05, 0.1) is 0 Å². The van der Waals surface area contributed by atoms with Crippen LogP contribution in [-0.4, -0.2) is 29.2 Å². The maximum Gasteiger partial charge on any atom is 0.329 e. The minimum absolute atomic E-state index is 0.0281. The molecule has 0 saturated heterocycles. The summed E-state index contributed by atoms with van der Waals surface area (Å²) in [6, 6.07) is -0.370. The fourth-order valence-electron chi connectivity index (χ4n) is 2.25. The zero-order valence-electron chi connectivity index (χ0n) is 12.2. The number of amides is 2. The second kappa shape index (κ2) is 6.26. The van der Waals surface area contributed by atoms with E-state index in [4.69, 9.17) is 0 Å². The molecule has 5 heteroatoms. The van der Waals surface area contributed by atoms with E-state index in [0.29, 0.717) is 19.4 Å². The maximum atomic E-state index is 11.9. The minimum atomic E-state index is -1.07. The first kappa shape index (κ1) is 15.8. The number of carboxylic acids is 1. The second-order valence-electron chi connectivity index (χ2n) is 6.27. The maximum absolute atomic E-state index is 11.9. The van der Waals surface area contributed by atoms with Crippen LogP contribution in [0.15, 0.2) is 0 Å². The van der Waals surface area contributed by atoms with Crippen LogP contribution in [0.3, 0.4) is 0 Å². The standard InChI is InChI=1S/C14H26N2O3/c1-4-13(2,3)10-15-12(19)16-14(11(17)18)8-6-5-7-9-14/h4-10H2,1-3H3,(H,17,18)(H2,15,16,19). The summed E-state index contributed by atoms with van der Waals surface area (Å²) >= 11 is 0. The van der Waals surface area contributed by atoms with Crippen molar-refractivity contribution in [3.05, 3.63) is 0 Å². The van der Waals surface area contributed by atoms with Gasteiger partial charge in [-0.3, -0.25) is 0 Å². The molecule has 2 amide bonds. The summed E-state index contributed by atoms with van der Waals surface area (Å²) in [4.78, 5) is 23.3. The highest BCUT2D eigenvalue weighted by atomic mass is 16.4. The molecule has 1 rings (SSSR count). The minimum Gasteiger partial charge on any atom is -0.480 e. The van der Waals surface area contributed by atoms with E-state index >= 15 is 0 Å². The SMILES string of the molecule is CCC(C)(C)CNC(=O)NC1(C(=O)O)CCCCC1. The normalized spacial score (nSPS) is 18.7. The number of urea groups is 1. The summed E-state index contributed by atoms with van der Waals surface area (Å²) < 4.78 is 0. The number of nitrogens with one attached hydrogen (secondary N) is 2. The molecule has 0 spiro atoms. The van der Waals surface area contributed by atoms with E-state index in [1.807, 2.05) is 0 Å². The molecule has 110 valence electrons. The van der Waals surface area contributed by atoms with Crippen LogP contribution in [0.4, 0.5) is 4.79 Å². The van der Waals surface area contributed by atoms with Crippen molar-refractivity contribution >= 4 is 12.0 Å². The predicted octanol–water partition coefficient (Wildman–Crippen LogP) is 2.51. The van der Waals surface area contributed by atoms with Gasteiger partial charge < -0.3 is 15.7 Å². The monoisotopic (exact) mass is 270 g/mol. The summed E-state index contributed by atoms with van der Waals surface area (Å²) in [6.07, 6.45) is 4.75. The smallest absolute Gasteiger partial charge is 0.329 e. The molecule has 0 aromatic rings. The van der Waals surface area contributed by atoms with Crippen LogP contribution in [0.5, 0.6) is 0 Å². The number of rotatable bonds is 5. The summed E-state index contributed by atoms with van der Waals surface area (Å²) in [7, 11) is 0. The fourth-order valence-corrected chi connectivity index (χ4v) is 2.25. The summed E-state index contributed by atoms with van der Waals surface area (Å²) in [5.74, 6) is -0.919. The van der Waals surface area contributed by atoms with Crippen LogP contribution in [0.25, 0.3) is 0 Å². The van der Waals surface area contributed by atoms with Crippen LogP contribution >= 0.6 is 0 Å². The van der Waals surface area contributed by atoms with Gasteiger partial charge in [-0.05, 0) is 24.7 Å². The molecular formula is C14H26N2O3. The molecule has 0 aliphatic heterocycles. The molecule has 0 aromatic carbocycles. The van der Waals surface area contributed by atoms with Gasteiger partial charge in [0.25, 0.3) is 0 Å². The van der Waals surface area contributed by atoms with Crippen molar-refractivity contribution in [1.29, 1.82) is 0 Å². The first-order valence-corrected chi connectivity index (χ1v) is 7.11. The van der Waals surface area contributed by atoms with Crippen LogP contribution in [0, 0.1) is 5.41 Å². The van der Waals surface area contributed by atoms with E-state index in [2.05, 4.69) is 31.4 Å². The van der Waals surface area contributed by atoms with E-state index in [-0.39, 0.29) is 11.4 Å². The van der Waals surface area contributed by atoms with Crippen molar-refractivity contribution in [2.45, 2.75) is 64.8 Å². The highest BCUT2D eigenvalue weighted by molar-refractivity contribution is 5.86. The molecule has 1 saturated carbocycles. The lowest BCUT2D eigenvalue weighted by molar-refractivity contribution is -0.145. The van der Waals surface area contributed by atoms with Gasteiger partial charge in [-0.1, -0.05) is 40.0 Å². The Morgan fingerprint density at radius 1 is 1.21 bits per heavy atom. The largest absolute Gasteiger partial charge is 0.480 e. The average molecular weight is 270 g/mol. The molecule has 0 unspecified atom stereocenters. The molecule has 3 N–H and O–H groups in total. The number of carbonyl (C=O) groups excluding carboxylic acids is 1. The van der Waals surface area contributed by atoms with Crippen molar-refractivity contribution in [1.82, 2.24) is 10.6 Å². The Balaban J connectivity index is 2.55. The van der Waals surface area contributed by atoms with Crippen LogP contribution in [0.1, 0.15) is 59.3 Å². The van der Waals surface area contributed by atoms with E-state index < -0.39 is 11.5 Å². The molecule has 1 aliphatic rings. The van der Waals surface area contributed by atoms with Crippen LogP contribution in [0.2, 0.25) is 0 Å². The Kier molecular flexibility index (Phi) is 5.20. The molecule has 5 nitrogen and oxygen atoms in total. The molecule has 0 heterocycles. The Morgan fingerprint density at radius 2 is 1.79 bits per heavy atom. The van der Waals surface area contributed by atoms with Crippen molar-refractivity contribution in [3.63, 3.8) is 0 Å². The summed E-state index contributed by atoms with van der Waals surface area (Å²) in [5, 5.41) is 14.8. The zero-order valence-corrected chi connectivity index (χ0v) is 12.2. The van der Waals surface area contributed by atoms with Gasteiger partial charge in [0.1, 0.15) is 5.54 Å². The zero-order chi connectivity index (χ0) is 14.5. The number of hydrogen-bond acceptors (Lipinski definition) is 2. The Bertz CT molecular complexity index is 334. The number of hydrogen-bond donors (Lipinski definition) is 3. The fraction of sp³-hybridized carbons (Fsp3) is 0.857. The van der Waals surface area contributed by atoms with Gasteiger partial charge in [-0.2, -0.15) is 0 Å². The van der Waals surface area contributed by atoms with Gasteiger partial charge in [-0.25, -0.2) is 9.59 Å². The lowest BCUT2D eigenvalue weighted by Gasteiger charge is -2.34. The molecular weight excluding hydrogens is 244 g/mol. The first-order valence-electron chi connectivity index (χ1n) is 7.11. The third-order valence-electron chi connectivity index (χ3n) is 4.15. The van der Waals surface area contributed by atoms with Crippen molar-refractivity contribution in [2.75, 3.05) is 6.54 Å². The van der Waals surface area contributed by atoms with Gasteiger partial charge in [-0.15, -0.1) is 0 Å². The highest BCUT2D eigenvalue weighted by Gasteiger charge is 2.41. The lowest BCUT2D eigenvalue weighted by Crippen LogP contribution is -2.58. The molecule has 0 atom stereocenters. The molecule has 0 bridgehead atoms. The Hall–Kier alpha value is -1.26. The molecule has 0 radical (unpaired) electrons. The van der Waals surface area contributed by atoms with Crippen molar-refractivity contribution in [2.24, 2.45) is 5.41 Å². The Morgan fingerprint density at radius 3 is 2.26 bits per heavy atom. The molecule has 0 aromatic heterocycles. The number of carboxylic acid groups (broad SMARTS) is 1. The third kappa shape index (κ3) is 4.40. The first-order chi connectivity index (χ1) is 8.81. The van der Waals surface area contributed by atoms with Gasteiger partial charge >= 0.3 is 12.0 Å². The topological polar surface area (TPSA) is 78.4 Å². The number of aliphatic carboxylic acids is 1. The quantitative estimate of drug-likeness (QED) is 0.718. The highest BCUT2D eigenvalue weighted by Crippen LogP contribution is 2.28. The summed E-state index contributed by atoms with van der Waals surface area (Å²) in [6.45, 7) is 6.76. The van der Waals surface area contributed by atoms with Gasteiger partial charge in [0.15, 0.2) is 0 Å². The summed E-state index contributed by atoms with van der Waals surface area (Å²) in [5.41, 5.74) is -1.04. The van der Waals surface area contributed by atoms with E-state index in [0.717, 1.165) is 25.7 Å². The van der Waals surface area contributed by atoms with Gasteiger partial charge in [0, 0.05) is 6.54 Å². The average Bonchev–Trinajstić information content (AvgIpc) is 2.37. The lowest BCUT2D eigenvalue weighted by atomic mass is 9.82. The van der Waals surface area contributed by atoms with E-state index in [9.17, 15) is 14.7 Å². The van der Waals surface area contributed by atoms with E-state index in [1.165, 1.54) is 0 Å². The van der Waals surface area contributed by atoms with Crippen LogP contribution in [-0.2, 0) is 4.79 Å². The Labute approximate surface area is 115 Å².